The van der Waals surface area contributed by atoms with Crippen LogP contribution in [-0.2, 0) is 9.59 Å². The van der Waals surface area contributed by atoms with Gasteiger partial charge in [-0.1, -0.05) is 36.9 Å². The Labute approximate surface area is 116 Å². The van der Waals surface area contributed by atoms with E-state index >= 15 is 0 Å². The normalized spacial score (nSPS) is 18.9. The zero-order chi connectivity index (χ0) is 14.3. The first kappa shape index (κ1) is 12.5. The number of pyridine rings is 1. The Bertz CT molecular complexity index is 786. The van der Waals surface area contributed by atoms with Gasteiger partial charge in [0.25, 0.3) is 0 Å². The topological polar surface area (TPSA) is 47.0 Å². The summed E-state index contributed by atoms with van der Waals surface area (Å²) < 4.78 is 0. The number of Topliss-reactive ketones (excluding diaryl/α,β-unsaturated/α-hetero) is 2. The standard InChI is InChI=1S/C17H13NO2/c1-3-12-10(2)16(19)15(17(12)20)14-9-8-11-6-4-5-7-13(11)18-14/h3-9,15H,1H2,2H3. The molecule has 0 fully saturated rings. The average Bonchev–Trinajstić information content (AvgIpc) is 2.68. The van der Waals surface area contributed by atoms with Gasteiger partial charge < -0.3 is 0 Å². The van der Waals surface area contributed by atoms with E-state index in [2.05, 4.69) is 11.6 Å². The Morgan fingerprint density at radius 3 is 2.55 bits per heavy atom. The second-order valence-corrected chi connectivity index (χ2v) is 4.83. The molecule has 0 bridgehead atoms. The van der Waals surface area contributed by atoms with E-state index in [-0.39, 0.29) is 11.6 Å². The Morgan fingerprint density at radius 2 is 1.85 bits per heavy atom. The van der Waals surface area contributed by atoms with Crippen molar-refractivity contribution in [1.29, 1.82) is 0 Å². The van der Waals surface area contributed by atoms with Crippen molar-refractivity contribution in [1.82, 2.24) is 4.98 Å². The highest BCUT2D eigenvalue weighted by atomic mass is 16.2. The lowest BCUT2D eigenvalue weighted by Gasteiger charge is -2.08. The molecule has 0 saturated heterocycles. The Kier molecular flexibility index (Phi) is 2.83. The summed E-state index contributed by atoms with van der Waals surface area (Å²) in [7, 11) is 0. The van der Waals surface area contributed by atoms with Gasteiger partial charge in [0.05, 0.1) is 11.2 Å². The van der Waals surface area contributed by atoms with Crippen molar-refractivity contribution in [3.8, 4) is 0 Å². The van der Waals surface area contributed by atoms with Gasteiger partial charge in [0, 0.05) is 16.5 Å². The SMILES string of the molecule is C=CC1=C(C)C(=O)C(c2ccc3ccccc3n2)C1=O. The second kappa shape index (κ2) is 4.53. The van der Waals surface area contributed by atoms with Crippen molar-refractivity contribution in [3.05, 3.63) is 65.9 Å². The van der Waals surface area contributed by atoms with Gasteiger partial charge in [-0.2, -0.15) is 0 Å². The smallest absolute Gasteiger partial charge is 0.180 e. The summed E-state index contributed by atoms with van der Waals surface area (Å²) in [6, 6.07) is 11.3. The Hall–Kier alpha value is -2.55. The van der Waals surface area contributed by atoms with Crippen LogP contribution >= 0.6 is 0 Å². The molecule has 1 unspecified atom stereocenters. The number of ketones is 2. The molecule has 3 heteroatoms. The van der Waals surface area contributed by atoms with Gasteiger partial charge in [-0.25, -0.2) is 0 Å². The number of fused-ring (bicyclic) bond motifs is 1. The van der Waals surface area contributed by atoms with E-state index in [1.165, 1.54) is 6.08 Å². The molecule has 0 radical (unpaired) electrons. The lowest BCUT2D eigenvalue weighted by molar-refractivity contribution is -0.123. The zero-order valence-corrected chi connectivity index (χ0v) is 11.1. The van der Waals surface area contributed by atoms with Crippen LogP contribution in [-0.4, -0.2) is 16.6 Å². The first-order chi connectivity index (χ1) is 9.63. The average molecular weight is 263 g/mol. The minimum absolute atomic E-state index is 0.173. The van der Waals surface area contributed by atoms with E-state index in [9.17, 15) is 9.59 Å². The number of allylic oxidation sites excluding steroid dienone is 3. The molecule has 3 rings (SSSR count). The van der Waals surface area contributed by atoms with Gasteiger partial charge in [-0.05, 0) is 19.1 Å². The van der Waals surface area contributed by atoms with Crippen LogP contribution in [0.25, 0.3) is 10.9 Å². The third-order valence-corrected chi connectivity index (χ3v) is 3.68. The van der Waals surface area contributed by atoms with E-state index in [1.54, 1.807) is 13.0 Å². The fraction of sp³-hybridized carbons (Fsp3) is 0.118. The Morgan fingerprint density at radius 1 is 1.10 bits per heavy atom. The van der Waals surface area contributed by atoms with Crippen molar-refractivity contribution in [2.24, 2.45) is 0 Å². The number of para-hydroxylation sites is 1. The number of benzene rings is 1. The van der Waals surface area contributed by atoms with Crippen LogP contribution in [0.5, 0.6) is 0 Å². The first-order valence-electron chi connectivity index (χ1n) is 6.41. The lowest BCUT2D eigenvalue weighted by atomic mass is 9.97. The third kappa shape index (κ3) is 1.71. The summed E-state index contributed by atoms with van der Waals surface area (Å²) in [5.41, 5.74) is 2.19. The molecule has 0 spiro atoms. The van der Waals surface area contributed by atoms with Crippen molar-refractivity contribution >= 4 is 22.5 Å². The molecule has 1 aromatic carbocycles. The molecule has 20 heavy (non-hydrogen) atoms. The van der Waals surface area contributed by atoms with Crippen LogP contribution in [0.2, 0.25) is 0 Å². The number of nitrogens with zero attached hydrogens (tertiary/aromatic N) is 1. The number of carbonyl (C=O) groups excluding carboxylic acids is 2. The molecular weight excluding hydrogens is 250 g/mol. The van der Waals surface area contributed by atoms with Crippen molar-refractivity contribution < 1.29 is 9.59 Å². The molecule has 0 N–H and O–H groups in total. The van der Waals surface area contributed by atoms with Crippen LogP contribution in [0.4, 0.5) is 0 Å². The third-order valence-electron chi connectivity index (χ3n) is 3.68. The van der Waals surface area contributed by atoms with E-state index in [0.29, 0.717) is 16.8 Å². The monoisotopic (exact) mass is 263 g/mol. The molecule has 0 saturated carbocycles. The minimum Gasteiger partial charge on any atom is -0.293 e. The number of aromatic nitrogens is 1. The van der Waals surface area contributed by atoms with Crippen molar-refractivity contribution in [2.75, 3.05) is 0 Å². The van der Waals surface area contributed by atoms with E-state index in [1.807, 2.05) is 30.3 Å². The van der Waals surface area contributed by atoms with E-state index < -0.39 is 5.92 Å². The summed E-state index contributed by atoms with van der Waals surface area (Å²) in [5, 5.41) is 0.989. The predicted molar refractivity (Wildman–Crippen MR) is 77.4 cm³/mol. The molecule has 1 aliphatic carbocycles. The van der Waals surface area contributed by atoms with Gasteiger partial charge in [0.2, 0.25) is 0 Å². The highest BCUT2D eigenvalue weighted by Crippen LogP contribution is 2.32. The lowest BCUT2D eigenvalue weighted by Crippen LogP contribution is -2.16. The fourth-order valence-corrected chi connectivity index (χ4v) is 2.57. The number of carbonyl (C=O) groups is 2. The van der Waals surface area contributed by atoms with Crippen LogP contribution in [0.15, 0.2) is 60.2 Å². The molecule has 98 valence electrons. The van der Waals surface area contributed by atoms with Crippen LogP contribution < -0.4 is 0 Å². The van der Waals surface area contributed by atoms with Crippen LogP contribution in [0, 0.1) is 0 Å². The highest BCUT2D eigenvalue weighted by molar-refractivity contribution is 6.28. The molecular formula is C17H13NO2. The van der Waals surface area contributed by atoms with E-state index in [0.717, 1.165) is 10.9 Å². The second-order valence-electron chi connectivity index (χ2n) is 4.83. The molecule has 0 amide bonds. The first-order valence-corrected chi connectivity index (χ1v) is 6.41. The molecule has 0 aliphatic heterocycles. The quantitative estimate of drug-likeness (QED) is 0.782. The largest absolute Gasteiger partial charge is 0.293 e. The van der Waals surface area contributed by atoms with Crippen molar-refractivity contribution in [2.45, 2.75) is 12.8 Å². The zero-order valence-electron chi connectivity index (χ0n) is 11.1. The van der Waals surface area contributed by atoms with Crippen molar-refractivity contribution in [3.63, 3.8) is 0 Å². The number of hydrogen-bond acceptors (Lipinski definition) is 3. The summed E-state index contributed by atoms with van der Waals surface area (Å²) in [5.74, 6) is -1.19. The maximum atomic E-state index is 12.3. The Balaban J connectivity index is 2.11. The molecule has 1 heterocycles. The number of hydrogen-bond donors (Lipinski definition) is 0. The van der Waals surface area contributed by atoms with Gasteiger partial charge in [-0.3, -0.25) is 14.6 Å². The summed E-state index contributed by atoms with van der Waals surface area (Å²) >= 11 is 0. The van der Waals surface area contributed by atoms with E-state index in [4.69, 9.17) is 0 Å². The molecule has 1 aliphatic rings. The van der Waals surface area contributed by atoms with Gasteiger partial charge in [0.15, 0.2) is 11.6 Å². The minimum atomic E-state index is -0.812. The highest BCUT2D eigenvalue weighted by Gasteiger charge is 2.39. The van der Waals surface area contributed by atoms with Crippen LogP contribution in [0.3, 0.4) is 0 Å². The maximum absolute atomic E-state index is 12.3. The van der Waals surface area contributed by atoms with Gasteiger partial charge >= 0.3 is 0 Å². The fourth-order valence-electron chi connectivity index (χ4n) is 2.57. The molecule has 2 aromatic rings. The maximum Gasteiger partial charge on any atom is 0.180 e. The summed E-state index contributed by atoms with van der Waals surface area (Å²) in [4.78, 5) is 29.0. The predicted octanol–water partition coefficient (Wildman–Crippen LogP) is 2.97. The molecule has 1 aromatic heterocycles. The van der Waals surface area contributed by atoms with Gasteiger partial charge in [0.1, 0.15) is 5.92 Å². The summed E-state index contributed by atoms with van der Waals surface area (Å²) in [6.45, 7) is 5.27. The summed E-state index contributed by atoms with van der Waals surface area (Å²) in [6.07, 6.45) is 1.45. The van der Waals surface area contributed by atoms with Gasteiger partial charge in [-0.15, -0.1) is 0 Å². The molecule has 3 nitrogen and oxygen atoms in total. The number of rotatable bonds is 2. The van der Waals surface area contributed by atoms with Crippen LogP contribution in [0.1, 0.15) is 18.5 Å². The molecule has 1 atom stereocenters.